The van der Waals surface area contributed by atoms with Crippen molar-refractivity contribution in [3.63, 3.8) is 0 Å². The highest BCUT2D eigenvalue weighted by molar-refractivity contribution is 5.87. The monoisotopic (exact) mass is 426 g/mol. The molecule has 2 aromatic rings. The van der Waals surface area contributed by atoms with Gasteiger partial charge in [-0.15, -0.1) is 0 Å². The average molecular weight is 426 g/mol. The Kier molecular flexibility index (Phi) is 7.12. The predicted molar refractivity (Wildman–Crippen MR) is 114 cm³/mol. The van der Waals surface area contributed by atoms with Crippen LogP contribution in [-0.2, 0) is 16.0 Å². The molecule has 0 bridgehead atoms. The zero-order chi connectivity index (χ0) is 22.4. The average Bonchev–Trinajstić information content (AvgIpc) is 2.78. The number of carbonyl (C=O) groups is 2. The molecule has 0 spiro atoms. The summed E-state index contributed by atoms with van der Waals surface area (Å²) >= 11 is 0. The van der Waals surface area contributed by atoms with Gasteiger partial charge < -0.3 is 24.3 Å². The molecule has 0 aliphatic carbocycles. The van der Waals surface area contributed by atoms with Crippen LogP contribution in [0.2, 0.25) is 0 Å². The van der Waals surface area contributed by atoms with Crippen molar-refractivity contribution in [3.8, 4) is 23.0 Å². The van der Waals surface area contributed by atoms with E-state index in [0.29, 0.717) is 41.3 Å². The number of fused-ring (bicyclic) bond motifs is 1. The Morgan fingerprint density at radius 3 is 2.26 bits per heavy atom. The SMILES string of the molecule is COc1ccc(CC(=O)NCCC2C=c3c(OC)ccc(OC)c3=NC2=O)cc1OC. The summed E-state index contributed by atoms with van der Waals surface area (Å²) in [6.07, 6.45) is 2.45. The maximum absolute atomic E-state index is 12.5. The summed E-state index contributed by atoms with van der Waals surface area (Å²) in [6.45, 7) is 0.343. The largest absolute Gasteiger partial charge is 0.496 e. The number of nitrogens with one attached hydrogen (secondary N) is 1. The van der Waals surface area contributed by atoms with Crippen LogP contribution in [-0.4, -0.2) is 46.8 Å². The Balaban J connectivity index is 1.64. The molecule has 1 N–H and O–H groups in total. The third-order valence-electron chi connectivity index (χ3n) is 5.08. The van der Waals surface area contributed by atoms with Gasteiger partial charge >= 0.3 is 0 Å². The maximum atomic E-state index is 12.5. The number of hydrogen-bond donors (Lipinski definition) is 1. The number of benzene rings is 2. The molecule has 8 heteroatoms. The van der Waals surface area contributed by atoms with E-state index in [1.54, 1.807) is 45.6 Å². The molecule has 164 valence electrons. The van der Waals surface area contributed by atoms with E-state index >= 15 is 0 Å². The Labute approximate surface area is 180 Å². The van der Waals surface area contributed by atoms with E-state index in [2.05, 4.69) is 10.3 Å². The fourth-order valence-electron chi connectivity index (χ4n) is 3.47. The summed E-state index contributed by atoms with van der Waals surface area (Å²) in [5.41, 5.74) is 0.802. The standard InChI is InChI=1S/C23H26N2O6/c1-28-17-7-8-19(30-3)22-16(17)13-15(23(27)25-22)9-10-24-21(26)12-14-5-6-18(29-2)20(11-14)31-4/h5-8,11,13,15H,9-10,12H2,1-4H3,(H,24,26). The van der Waals surface area contributed by atoms with Gasteiger partial charge in [0.2, 0.25) is 5.91 Å². The molecule has 1 heterocycles. The lowest BCUT2D eigenvalue weighted by Crippen LogP contribution is -2.37. The van der Waals surface area contributed by atoms with E-state index in [1.165, 1.54) is 7.11 Å². The van der Waals surface area contributed by atoms with Gasteiger partial charge in [0, 0.05) is 11.8 Å². The molecule has 0 fully saturated rings. The molecule has 2 aromatic carbocycles. The first-order valence-corrected chi connectivity index (χ1v) is 9.83. The normalized spacial score (nSPS) is 14.6. The predicted octanol–water partition coefficient (Wildman–Crippen LogP) is 1.03. The van der Waals surface area contributed by atoms with E-state index in [4.69, 9.17) is 18.9 Å². The molecule has 0 saturated carbocycles. The highest BCUT2D eigenvalue weighted by Crippen LogP contribution is 2.27. The fraction of sp³-hybridized carbons (Fsp3) is 0.348. The molecular formula is C23H26N2O6. The summed E-state index contributed by atoms with van der Waals surface area (Å²) in [6, 6.07) is 8.84. The lowest BCUT2D eigenvalue weighted by atomic mass is 9.99. The van der Waals surface area contributed by atoms with Gasteiger partial charge in [0.1, 0.15) is 16.9 Å². The van der Waals surface area contributed by atoms with Crippen molar-refractivity contribution < 1.29 is 28.5 Å². The Hall–Kier alpha value is -3.55. The van der Waals surface area contributed by atoms with Gasteiger partial charge in [-0.25, -0.2) is 4.99 Å². The molecule has 1 aliphatic heterocycles. The van der Waals surface area contributed by atoms with Gasteiger partial charge in [-0.05, 0) is 36.2 Å². The van der Waals surface area contributed by atoms with Gasteiger partial charge in [0.25, 0.3) is 5.91 Å². The highest BCUT2D eigenvalue weighted by Gasteiger charge is 2.21. The van der Waals surface area contributed by atoms with Gasteiger partial charge in [0.15, 0.2) is 11.5 Å². The zero-order valence-corrected chi connectivity index (χ0v) is 18.1. The maximum Gasteiger partial charge on any atom is 0.253 e. The fourth-order valence-corrected chi connectivity index (χ4v) is 3.47. The van der Waals surface area contributed by atoms with Gasteiger partial charge in [0.05, 0.1) is 40.8 Å². The smallest absolute Gasteiger partial charge is 0.253 e. The lowest BCUT2D eigenvalue weighted by molar-refractivity contribution is -0.122. The summed E-state index contributed by atoms with van der Waals surface area (Å²) in [4.78, 5) is 29.0. The molecular weight excluding hydrogens is 400 g/mol. The van der Waals surface area contributed by atoms with Crippen LogP contribution in [0.25, 0.3) is 6.08 Å². The van der Waals surface area contributed by atoms with E-state index in [1.807, 2.05) is 12.1 Å². The van der Waals surface area contributed by atoms with Crippen molar-refractivity contribution in [2.45, 2.75) is 12.8 Å². The van der Waals surface area contributed by atoms with Crippen molar-refractivity contribution in [1.82, 2.24) is 5.32 Å². The molecule has 1 unspecified atom stereocenters. The molecule has 31 heavy (non-hydrogen) atoms. The molecule has 8 nitrogen and oxygen atoms in total. The summed E-state index contributed by atoms with van der Waals surface area (Å²) < 4.78 is 21.2. The van der Waals surface area contributed by atoms with Crippen LogP contribution in [0.15, 0.2) is 35.3 Å². The van der Waals surface area contributed by atoms with E-state index < -0.39 is 5.92 Å². The van der Waals surface area contributed by atoms with Crippen molar-refractivity contribution in [3.05, 3.63) is 46.5 Å². The van der Waals surface area contributed by atoms with Crippen molar-refractivity contribution in [1.29, 1.82) is 0 Å². The third-order valence-corrected chi connectivity index (χ3v) is 5.08. The van der Waals surface area contributed by atoms with Crippen molar-refractivity contribution in [2.24, 2.45) is 10.9 Å². The van der Waals surface area contributed by atoms with Crippen LogP contribution in [0.1, 0.15) is 12.0 Å². The summed E-state index contributed by atoms with van der Waals surface area (Å²) in [5, 5.41) is 4.06. The van der Waals surface area contributed by atoms with Gasteiger partial charge in [-0.3, -0.25) is 9.59 Å². The minimum absolute atomic E-state index is 0.146. The minimum atomic E-state index is -0.449. The summed E-state index contributed by atoms with van der Waals surface area (Å²) in [5.74, 6) is 1.45. The van der Waals surface area contributed by atoms with Crippen LogP contribution < -0.4 is 34.8 Å². The van der Waals surface area contributed by atoms with Crippen LogP contribution in [0, 0.1) is 5.92 Å². The second-order valence-electron chi connectivity index (χ2n) is 6.96. The van der Waals surface area contributed by atoms with Crippen LogP contribution in [0.3, 0.4) is 0 Å². The van der Waals surface area contributed by atoms with E-state index in [0.717, 1.165) is 10.8 Å². The number of rotatable bonds is 9. The van der Waals surface area contributed by atoms with Crippen LogP contribution in [0.4, 0.5) is 0 Å². The number of hydrogen-bond acceptors (Lipinski definition) is 6. The molecule has 0 radical (unpaired) electrons. The topological polar surface area (TPSA) is 95.5 Å². The Bertz CT molecular complexity index is 1100. The van der Waals surface area contributed by atoms with Gasteiger partial charge in [-0.2, -0.15) is 0 Å². The van der Waals surface area contributed by atoms with E-state index in [-0.39, 0.29) is 18.2 Å². The van der Waals surface area contributed by atoms with Crippen LogP contribution >= 0.6 is 0 Å². The Morgan fingerprint density at radius 1 is 0.935 bits per heavy atom. The molecule has 1 atom stereocenters. The lowest BCUT2D eigenvalue weighted by Gasteiger charge is -2.15. The number of amides is 2. The number of ether oxygens (including phenoxy) is 4. The second-order valence-corrected chi connectivity index (χ2v) is 6.96. The molecule has 3 rings (SSSR count). The first-order valence-electron chi connectivity index (χ1n) is 9.83. The third kappa shape index (κ3) is 4.96. The number of carbonyl (C=O) groups excluding carboxylic acids is 2. The number of methoxy groups -OCH3 is 4. The molecule has 2 amide bonds. The van der Waals surface area contributed by atoms with E-state index in [9.17, 15) is 9.59 Å². The zero-order valence-electron chi connectivity index (χ0n) is 18.1. The molecule has 0 aromatic heterocycles. The first-order chi connectivity index (χ1) is 15.0. The quantitative estimate of drug-likeness (QED) is 0.644. The van der Waals surface area contributed by atoms with Gasteiger partial charge in [-0.1, -0.05) is 12.1 Å². The highest BCUT2D eigenvalue weighted by atomic mass is 16.5. The first kappa shape index (κ1) is 22.1. The Morgan fingerprint density at radius 2 is 1.58 bits per heavy atom. The van der Waals surface area contributed by atoms with Crippen molar-refractivity contribution in [2.75, 3.05) is 35.0 Å². The molecule has 0 saturated heterocycles. The minimum Gasteiger partial charge on any atom is -0.496 e. The second kappa shape index (κ2) is 9.97. The summed E-state index contributed by atoms with van der Waals surface area (Å²) in [7, 11) is 6.20. The number of nitrogens with zero attached hydrogens (tertiary/aromatic N) is 1. The van der Waals surface area contributed by atoms with Crippen molar-refractivity contribution >= 4 is 17.9 Å². The molecule has 1 aliphatic rings. The van der Waals surface area contributed by atoms with Crippen LogP contribution in [0.5, 0.6) is 23.0 Å².